The van der Waals surface area contributed by atoms with E-state index < -0.39 is 5.41 Å². The summed E-state index contributed by atoms with van der Waals surface area (Å²) in [4.78, 5) is 14.7. The number of hydrogen-bond donors (Lipinski definition) is 0. The van der Waals surface area contributed by atoms with Gasteiger partial charge in [0.1, 0.15) is 0 Å². The summed E-state index contributed by atoms with van der Waals surface area (Å²) in [5.41, 5.74) is 16.3. The van der Waals surface area contributed by atoms with Crippen molar-refractivity contribution in [2.75, 3.05) is 0 Å². The van der Waals surface area contributed by atoms with E-state index in [2.05, 4.69) is 193 Å². The summed E-state index contributed by atoms with van der Waals surface area (Å²) in [7, 11) is 0. The molecule has 2 heterocycles. The minimum atomic E-state index is -0.572. The number of aromatic nitrogens is 3. The van der Waals surface area contributed by atoms with E-state index in [0.717, 1.165) is 44.8 Å². The fourth-order valence-electron chi connectivity index (χ4n) is 8.34. The Labute approximate surface area is 321 Å². The Bertz CT molecular complexity index is 2750. The molecule has 0 atom stereocenters. The highest BCUT2D eigenvalue weighted by Crippen LogP contribution is 2.56. The van der Waals surface area contributed by atoms with Crippen LogP contribution in [0, 0.1) is 0 Å². The molecule has 0 N–H and O–H groups in total. The van der Waals surface area contributed by atoms with Crippen LogP contribution in [-0.4, -0.2) is 15.0 Å². The van der Waals surface area contributed by atoms with Gasteiger partial charge in [-0.1, -0.05) is 170 Å². The van der Waals surface area contributed by atoms with Crippen LogP contribution >= 0.6 is 0 Å². The lowest BCUT2D eigenvalue weighted by atomic mass is 9.67. The monoisotopic (exact) mass is 701 g/mol. The first-order chi connectivity index (χ1) is 27.3. The van der Waals surface area contributed by atoms with Gasteiger partial charge in [-0.2, -0.15) is 0 Å². The van der Waals surface area contributed by atoms with E-state index in [0.29, 0.717) is 5.82 Å². The maximum Gasteiger partial charge on any atom is 0.160 e. The van der Waals surface area contributed by atoms with Crippen LogP contribution in [0.1, 0.15) is 22.3 Å². The van der Waals surface area contributed by atoms with Crippen LogP contribution in [0.2, 0.25) is 0 Å². The van der Waals surface area contributed by atoms with Crippen molar-refractivity contribution in [1.29, 1.82) is 0 Å². The fourth-order valence-corrected chi connectivity index (χ4v) is 8.34. The summed E-state index contributed by atoms with van der Waals surface area (Å²) in [5.74, 6) is 0.692. The van der Waals surface area contributed by atoms with Crippen molar-refractivity contribution >= 4 is 0 Å². The molecule has 0 aliphatic heterocycles. The zero-order chi connectivity index (χ0) is 36.6. The molecule has 258 valence electrons. The summed E-state index contributed by atoms with van der Waals surface area (Å²) in [6.45, 7) is 0. The number of fused-ring (bicyclic) bond motifs is 3. The second kappa shape index (κ2) is 13.6. The molecular weight excluding hydrogens is 667 g/mol. The zero-order valence-electron chi connectivity index (χ0n) is 30.0. The Balaban J connectivity index is 1.17. The van der Waals surface area contributed by atoms with Gasteiger partial charge >= 0.3 is 0 Å². The highest BCUT2D eigenvalue weighted by atomic mass is 14.9. The van der Waals surface area contributed by atoms with Crippen LogP contribution in [0.25, 0.3) is 67.3 Å². The predicted octanol–water partition coefficient (Wildman–Crippen LogP) is 12.6. The van der Waals surface area contributed by atoms with Gasteiger partial charge in [-0.3, -0.25) is 4.98 Å². The second-order valence-corrected chi connectivity index (χ2v) is 14.0. The van der Waals surface area contributed by atoms with E-state index in [9.17, 15) is 0 Å². The van der Waals surface area contributed by atoms with E-state index in [1.54, 1.807) is 0 Å². The average molecular weight is 702 g/mol. The Morgan fingerprint density at radius 3 is 1.40 bits per heavy atom. The van der Waals surface area contributed by atoms with E-state index in [4.69, 9.17) is 9.97 Å². The maximum absolute atomic E-state index is 5.29. The highest BCUT2D eigenvalue weighted by molar-refractivity contribution is 5.87. The van der Waals surface area contributed by atoms with Gasteiger partial charge in [0.25, 0.3) is 0 Å². The van der Waals surface area contributed by atoms with Crippen molar-refractivity contribution in [1.82, 2.24) is 15.0 Å². The van der Waals surface area contributed by atoms with Gasteiger partial charge in [-0.25, -0.2) is 9.97 Å². The van der Waals surface area contributed by atoms with Gasteiger partial charge < -0.3 is 0 Å². The standard InChI is InChI=1S/C52H35N3/c1-3-13-36(14-4-1)37-25-27-40(28-26-37)51-54-49(39-15-5-2-6-16-39)35-50(55-51)42-18-12-20-44(34-42)52(43-19-11-17-41(33-43)38-29-31-53-32-30-38)47-23-9-7-21-45(47)46-22-8-10-24-48(46)52/h1-35H. The molecule has 0 unspecified atom stereocenters. The molecule has 7 aromatic carbocycles. The molecule has 0 saturated carbocycles. The van der Waals surface area contributed by atoms with Crippen LogP contribution in [0.3, 0.4) is 0 Å². The van der Waals surface area contributed by atoms with Gasteiger partial charge in [0.15, 0.2) is 5.82 Å². The number of benzene rings is 7. The summed E-state index contributed by atoms with van der Waals surface area (Å²) < 4.78 is 0. The largest absolute Gasteiger partial charge is 0.265 e. The summed E-state index contributed by atoms with van der Waals surface area (Å²) >= 11 is 0. The quantitative estimate of drug-likeness (QED) is 0.166. The molecule has 1 aliphatic rings. The first kappa shape index (κ1) is 32.4. The Morgan fingerprint density at radius 2 is 0.764 bits per heavy atom. The van der Waals surface area contributed by atoms with Crippen molar-refractivity contribution in [3.63, 3.8) is 0 Å². The zero-order valence-corrected chi connectivity index (χ0v) is 30.0. The third-order valence-electron chi connectivity index (χ3n) is 10.9. The highest BCUT2D eigenvalue weighted by Gasteiger charge is 2.46. The van der Waals surface area contributed by atoms with E-state index in [1.165, 1.54) is 38.9 Å². The van der Waals surface area contributed by atoms with Crippen LogP contribution in [0.15, 0.2) is 213 Å². The molecule has 55 heavy (non-hydrogen) atoms. The first-order valence-corrected chi connectivity index (χ1v) is 18.7. The van der Waals surface area contributed by atoms with Crippen molar-refractivity contribution in [2.45, 2.75) is 5.41 Å². The van der Waals surface area contributed by atoms with Gasteiger partial charge in [0.05, 0.1) is 16.8 Å². The molecule has 0 bridgehead atoms. The lowest BCUT2D eigenvalue weighted by molar-refractivity contribution is 0.769. The van der Waals surface area contributed by atoms with Gasteiger partial charge in [-0.05, 0) is 86.0 Å². The molecule has 0 fully saturated rings. The van der Waals surface area contributed by atoms with Crippen molar-refractivity contribution in [3.05, 3.63) is 235 Å². The minimum absolute atomic E-state index is 0.572. The predicted molar refractivity (Wildman–Crippen MR) is 224 cm³/mol. The van der Waals surface area contributed by atoms with Gasteiger partial charge in [-0.15, -0.1) is 0 Å². The number of pyridine rings is 1. The Hall–Kier alpha value is -7.23. The molecule has 0 spiro atoms. The lowest BCUT2D eigenvalue weighted by Gasteiger charge is -2.34. The van der Waals surface area contributed by atoms with Crippen molar-refractivity contribution in [3.8, 4) is 67.3 Å². The second-order valence-electron chi connectivity index (χ2n) is 14.0. The third-order valence-corrected chi connectivity index (χ3v) is 10.9. The van der Waals surface area contributed by atoms with Crippen LogP contribution in [0.4, 0.5) is 0 Å². The first-order valence-electron chi connectivity index (χ1n) is 18.7. The molecule has 2 aromatic heterocycles. The van der Waals surface area contributed by atoms with Crippen molar-refractivity contribution < 1.29 is 0 Å². The SMILES string of the molecule is c1ccc(-c2ccc(-c3nc(-c4ccccc4)cc(-c4cccc(C5(c6cccc(-c7ccncc7)c6)c6ccccc6-c6ccccc65)c4)n3)cc2)cc1. The molecule has 3 heteroatoms. The molecule has 0 saturated heterocycles. The third kappa shape index (κ3) is 5.65. The number of hydrogen-bond acceptors (Lipinski definition) is 3. The van der Waals surface area contributed by atoms with E-state index in [1.807, 2.05) is 24.5 Å². The van der Waals surface area contributed by atoms with Crippen LogP contribution in [-0.2, 0) is 5.41 Å². The summed E-state index contributed by atoms with van der Waals surface area (Å²) in [6.07, 6.45) is 3.72. The summed E-state index contributed by atoms with van der Waals surface area (Å²) in [6, 6.07) is 71.5. The average Bonchev–Trinajstić information content (AvgIpc) is 3.58. The Morgan fingerprint density at radius 1 is 0.309 bits per heavy atom. The van der Waals surface area contributed by atoms with Crippen molar-refractivity contribution in [2.24, 2.45) is 0 Å². The Kier molecular flexibility index (Phi) is 8.04. The number of nitrogens with zero attached hydrogens (tertiary/aromatic N) is 3. The molecular formula is C52H35N3. The van der Waals surface area contributed by atoms with Gasteiger partial charge in [0.2, 0.25) is 0 Å². The fraction of sp³-hybridized carbons (Fsp3) is 0.0192. The molecule has 10 rings (SSSR count). The molecule has 1 aliphatic carbocycles. The molecule has 9 aromatic rings. The molecule has 0 amide bonds. The molecule has 3 nitrogen and oxygen atoms in total. The topological polar surface area (TPSA) is 38.7 Å². The van der Waals surface area contributed by atoms with E-state index >= 15 is 0 Å². The van der Waals surface area contributed by atoms with Crippen LogP contribution < -0.4 is 0 Å². The maximum atomic E-state index is 5.29. The van der Waals surface area contributed by atoms with Crippen LogP contribution in [0.5, 0.6) is 0 Å². The summed E-state index contributed by atoms with van der Waals surface area (Å²) in [5, 5.41) is 0. The van der Waals surface area contributed by atoms with Gasteiger partial charge in [0, 0.05) is 29.1 Å². The van der Waals surface area contributed by atoms with E-state index in [-0.39, 0.29) is 0 Å². The smallest absolute Gasteiger partial charge is 0.160 e. The molecule has 0 radical (unpaired) electrons. The minimum Gasteiger partial charge on any atom is -0.265 e. The normalized spacial score (nSPS) is 12.5. The lowest BCUT2D eigenvalue weighted by Crippen LogP contribution is -2.28. The number of rotatable bonds is 7.